The first-order valence-electron chi connectivity index (χ1n) is 9.71. The van der Waals surface area contributed by atoms with Crippen LogP contribution < -0.4 is 5.32 Å². The molecule has 0 bridgehead atoms. The molecule has 3 aromatic rings. The molecule has 152 valence electrons. The Morgan fingerprint density at radius 3 is 2.93 bits per heavy atom. The number of allylic oxidation sites excluding steroid dienone is 2. The van der Waals surface area contributed by atoms with Crippen LogP contribution in [0.3, 0.4) is 0 Å². The van der Waals surface area contributed by atoms with E-state index in [-0.39, 0.29) is 17.3 Å². The summed E-state index contributed by atoms with van der Waals surface area (Å²) >= 11 is 1.34. The summed E-state index contributed by atoms with van der Waals surface area (Å²) in [6.45, 7) is 0. The summed E-state index contributed by atoms with van der Waals surface area (Å²) in [6.07, 6.45) is 3.20. The number of fused-ring (bicyclic) bond motifs is 2. The number of benzene rings is 2. The molecule has 0 unspecified atom stereocenters. The van der Waals surface area contributed by atoms with Crippen molar-refractivity contribution in [2.75, 3.05) is 5.32 Å². The molecule has 0 fully saturated rings. The van der Waals surface area contributed by atoms with Crippen LogP contribution in [0.25, 0.3) is 0 Å². The van der Waals surface area contributed by atoms with Gasteiger partial charge in [0.25, 0.3) is 0 Å². The normalized spacial score (nSPS) is 20.2. The number of aromatic hydroxyl groups is 1. The van der Waals surface area contributed by atoms with E-state index in [2.05, 4.69) is 15.4 Å². The smallest absolute Gasteiger partial charge is 0.227 e. The first-order chi connectivity index (χ1) is 14.6. The van der Waals surface area contributed by atoms with Crippen molar-refractivity contribution in [3.8, 4) is 5.75 Å². The summed E-state index contributed by atoms with van der Waals surface area (Å²) in [5, 5.41) is 18.4. The van der Waals surface area contributed by atoms with Gasteiger partial charge in [-0.1, -0.05) is 48.2 Å². The predicted molar refractivity (Wildman–Crippen MR) is 112 cm³/mol. The molecule has 0 amide bonds. The molecule has 8 heteroatoms. The molecule has 0 spiro atoms. The number of nitrogens with one attached hydrogen (secondary N) is 1. The molecule has 1 aliphatic heterocycles. The molecular formula is C22H19FN4O2S. The Morgan fingerprint density at radius 2 is 2.10 bits per heavy atom. The van der Waals surface area contributed by atoms with Crippen molar-refractivity contribution in [2.45, 2.75) is 29.8 Å². The van der Waals surface area contributed by atoms with Crippen molar-refractivity contribution in [1.82, 2.24) is 14.8 Å². The van der Waals surface area contributed by atoms with Crippen molar-refractivity contribution in [1.29, 1.82) is 0 Å². The highest BCUT2D eigenvalue weighted by molar-refractivity contribution is 7.98. The number of Topliss-reactive ketones (excluding diaryl/α,β-unsaturated/α-hetero) is 1. The van der Waals surface area contributed by atoms with Crippen LogP contribution >= 0.6 is 11.8 Å². The van der Waals surface area contributed by atoms with Gasteiger partial charge in [0, 0.05) is 17.9 Å². The molecule has 2 aliphatic rings. The van der Waals surface area contributed by atoms with Gasteiger partial charge in [0.15, 0.2) is 0 Å². The zero-order valence-electron chi connectivity index (χ0n) is 16.0. The first kappa shape index (κ1) is 18.9. The third kappa shape index (κ3) is 3.37. The fourth-order valence-corrected chi connectivity index (χ4v) is 4.83. The minimum Gasteiger partial charge on any atom is -0.508 e. The van der Waals surface area contributed by atoms with Crippen LogP contribution in [0.1, 0.15) is 30.0 Å². The highest BCUT2D eigenvalue weighted by atomic mass is 32.2. The maximum atomic E-state index is 13.9. The van der Waals surface area contributed by atoms with Gasteiger partial charge in [-0.3, -0.25) is 4.79 Å². The van der Waals surface area contributed by atoms with E-state index in [9.17, 15) is 14.3 Å². The molecule has 1 aromatic heterocycles. The molecule has 2 heterocycles. The Balaban J connectivity index is 1.52. The summed E-state index contributed by atoms with van der Waals surface area (Å²) in [6, 6.07) is 13.1. The molecule has 0 saturated heterocycles. The number of rotatable bonds is 4. The summed E-state index contributed by atoms with van der Waals surface area (Å²) in [7, 11) is 0. The lowest BCUT2D eigenvalue weighted by Crippen LogP contribution is -2.38. The van der Waals surface area contributed by atoms with Crippen LogP contribution in [-0.2, 0) is 10.5 Å². The Bertz CT molecular complexity index is 1160. The number of phenols is 1. The van der Waals surface area contributed by atoms with Gasteiger partial charge in [-0.25, -0.2) is 9.07 Å². The molecule has 5 rings (SSSR count). The van der Waals surface area contributed by atoms with E-state index < -0.39 is 12.0 Å². The summed E-state index contributed by atoms with van der Waals surface area (Å²) in [5.41, 5.74) is 2.20. The fraction of sp³-hybridized carbons (Fsp3) is 0.227. The average Bonchev–Trinajstić information content (AvgIpc) is 3.14. The van der Waals surface area contributed by atoms with E-state index in [4.69, 9.17) is 0 Å². The standard InChI is InChI=1S/C22H19FN4O2S/c23-16-8-2-1-5-14(16)12-30-22-25-21-24-17-9-4-10-18(29)19(17)20(27(21)26-22)13-6-3-7-15(28)11-13/h1-3,5-9,11,19-20,28H,4,10,12H2,(H,24,25,26)/t19-,20-/m0/s1. The number of carbonyl (C=O) groups excluding carboxylic acids is 1. The number of carbonyl (C=O) groups is 1. The van der Waals surface area contributed by atoms with Crippen LogP contribution in [-0.4, -0.2) is 25.7 Å². The summed E-state index contributed by atoms with van der Waals surface area (Å²) in [5.74, 6) is 0.547. The number of halogens is 1. The van der Waals surface area contributed by atoms with E-state index in [0.29, 0.717) is 35.3 Å². The third-order valence-electron chi connectivity index (χ3n) is 5.41. The lowest BCUT2D eigenvalue weighted by atomic mass is 9.81. The van der Waals surface area contributed by atoms with E-state index in [1.54, 1.807) is 41.1 Å². The van der Waals surface area contributed by atoms with Crippen LogP contribution in [0.2, 0.25) is 0 Å². The minimum atomic E-state index is -0.404. The number of anilines is 1. The molecule has 1 aliphatic carbocycles. The Hall–Kier alpha value is -3.13. The van der Waals surface area contributed by atoms with Gasteiger partial charge in [-0.05, 0) is 35.7 Å². The summed E-state index contributed by atoms with van der Waals surface area (Å²) < 4.78 is 15.7. The SMILES string of the molecule is O=C1CCC=C2Nc3nc(SCc4ccccc4F)nn3[C@@H](c3cccc(O)c3)[C@H]12. The predicted octanol–water partition coefficient (Wildman–Crippen LogP) is 4.29. The Labute approximate surface area is 176 Å². The van der Waals surface area contributed by atoms with Gasteiger partial charge in [0.1, 0.15) is 17.3 Å². The molecule has 30 heavy (non-hydrogen) atoms. The fourth-order valence-electron chi connectivity index (χ4n) is 4.02. The van der Waals surface area contributed by atoms with Gasteiger partial charge >= 0.3 is 0 Å². The van der Waals surface area contributed by atoms with Crippen LogP contribution in [0.15, 0.2) is 65.5 Å². The number of nitrogens with zero attached hydrogens (tertiary/aromatic N) is 3. The van der Waals surface area contributed by atoms with Crippen LogP contribution in [0.4, 0.5) is 10.3 Å². The highest BCUT2D eigenvalue weighted by Crippen LogP contribution is 2.42. The lowest BCUT2D eigenvalue weighted by molar-refractivity contribution is -0.123. The minimum absolute atomic E-state index is 0.134. The number of hydrogen-bond acceptors (Lipinski definition) is 6. The second kappa shape index (κ2) is 7.60. The monoisotopic (exact) mass is 422 g/mol. The topological polar surface area (TPSA) is 80.0 Å². The zero-order chi connectivity index (χ0) is 20.7. The largest absolute Gasteiger partial charge is 0.508 e. The van der Waals surface area contributed by atoms with E-state index in [1.807, 2.05) is 12.1 Å². The van der Waals surface area contributed by atoms with Crippen molar-refractivity contribution in [3.63, 3.8) is 0 Å². The zero-order valence-corrected chi connectivity index (χ0v) is 16.8. The number of phenolic OH excluding ortho intramolecular Hbond substituents is 1. The van der Waals surface area contributed by atoms with Gasteiger partial charge in [0.2, 0.25) is 11.1 Å². The summed E-state index contributed by atoms with van der Waals surface area (Å²) in [4.78, 5) is 17.4. The molecule has 2 aromatic carbocycles. The third-order valence-corrected chi connectivity index (χ3v) is 6.30. The van der Waals surface area contributed by atoms with Gasteiger partial charge in [-0.15, -0.1) is 5.10 Å². The maximum absolute atomic E-state index is 13.9. The van der Waals surface area contributed by atoms with Crippen molar-refractivity contribution in [2.24, 2.45) is 5.92 Å². The Morgan fingerprint density at radius 1 is 1.23 bits per heavy atom. The average molecular weight is 422 g/mol. The second-order valence-electron chi connectivity index (χ2n) is 7.35. The second-order valence-corrected chi connectivity index (χ2v) is 8.29. The van der Waals surface area contributed by atoms with Gasteiger partial charge in [-0.2, -0.15) is 4.98 Å². The Kier molecular flexibility index (Phi) is 4.78. The molecule has 6 nitrogen and oxygen atoms in total. The quantitative estimate of drug-likeness (QED) is 0.611. The van der Waals surface area contributed by atoms with Crippen molar-refractivity contribution in [3.05, 3.63) is 77.2 Å². The molecule has 2 N–H and O–H groups in total. The van der Waals surface area contributed by atoms with E-state index in [1.165, 1.54) is 17.8 Å². The number of thioether (sulfide) groups is 1. The van der Waals surface area contributed by atoms with E-state index >= 15 is 0 Å². The van der Waals surface area contributed by atoms with Gasteiger partial charge in [0.05, 0.1) is 12.0 Å². The van der Waals surface area contributed by atoms with Gasteiger partial charge < -0.3 is 10.4 Å². The van der Waals surface area contributed by atoms with Crippen molar-refractivity contribution >= 4 is 23.5 Å². The number of ketones is 1. The van der Waals surface area contributed by atoms with Crippen LogP contribution in [0.5, 0.6) is 5.75 Å². The lowest BCUT2D eigenvalue weighted by Gasteiger charge is -2.36. The molecule has 0 radical (unpaired) electrons. The molecule has 0 saturated carbocycles. The molecular weight excluding hydrogens is 403 g/mol. The molecule has 2 atom stereocenters. The first-order valence-corrected chi connectivity index (χ1v) is 10.7. The number of aromatic nitrogens is 3. The number of hydrogen-bond donors (Lipinski definition) is 2. The van der Waals surface area contributed by atoms with E-state index in [0.717, 1.165) is 11.3 Å². The van der Waals surface area contributed by atoms with Crippen LogP contribution in [0, 0.1) is 11.7 Å². The highest BCUT2D eigenvalue weighted by Gasteiger charge is 2.41. The van der Waals surface area contributed by atoms with Crippen molar-refractivity contribution < 1.29 is 14.3 Å². The maximum Gasteiger partial charge on any atom is 0.227 e.